The molecule has 0 fully saturated rings. The van der Waals surface area contributed by atoms with Crippen molar-refractivity contribution in [1.82, 2.24) is 15.5 Å². The maximum atomic E-state index is 10.8. The Bertz CT molecular complexity index is 512. The van der Waals surface area contributed by atoms with E-state index in [9.17, 15) is 8.42 Å². The second kappa shape index (κ2) is 6.87. The number of aliphatic imine (C=N–C) groups is 1. The van der Waals surface area contributed by atoms with Gasteiger partial charge >= 0.3 is 10.1 Å². The van der Waals surface area contributed by atoms with E-state index in [0.29, 0.717) is 16.6 Å². The largest absolute Gasteiger partial charge is 0.374 e. The zero-order valence-corrected chi connectivity index (χ0v) is 12.0. The van der Waals surface area contributed by atoms with E-state index in [1.165, 1.54) is 30.1 Å². The van der Waals surface area contributed by atoms with E-state index in [2.05, 4.69) is 20.5 Å². The third-order valence-corrected chi connectivity index (χ3v) is 4.36. The maximum absolute atomic E-state index is 10.8. The van der Waals surface area contributed by atoms with Gasteiger partial charge in [0.1, 0.15) is 5.01 Å². The van der Waals surface area contributed by atoms with Gasteiger partial charge in [-0.3, -0.25) is 9.55 Å². The van der Waals surface area contributed by atoms with E-state index in [1.807, 2.05) is 0 Å². The summed E-state index contributed by atoms with van der Waals surface area (Å²) in [5.41, 5.74) is 5.43. The lowest BCUT2D eigenvalue weighted by molar-refractivity contribution is 0.496. The molecule has 1 aromatic rings. The van der Waals surface area contributed by atoms with Crippen LogP contribution in [0.4, 0.5) is 5.13 Å². The van der Waals surface area contributed by atoms with E-state index in [0.717, 1.165) is 5.01 Å². The molecule has 1 aromatic heterocycles. The first-order valence-electron chi connectivity index (χ1n) is 4.78. The highest BCUT2D eigenvalue weighted by Gasteiger charge is 2.12. The molecule has 0 aliphatic heterocycles. The average molecular weight is 311 g/mol. The summed E-state index contributed by atoms with van der Waals surface area (Å²) in [7, 11) is -2.88. The summed E-state index contributed by atoms with van der Waals surface area (Å²) in [6, 6.07) is 0. The molecule has 4 N–H and O–H groups in total. The number of nitrogens with zero attached hydrogens (tertiary/aromatic N) is 3. The van der Waals surface area contributed by atoms with E-state index in [4.69, 9.17) is 10.3 Å². The highest BCUT2D eigenvalue weighted by atomic mass is 32.2. The van der Waals surface area contributed by atoms with Crippen LogP contribution in [0.1, 0.15) is 5.01 Å². The zero-order valence-electron chi connectivity index (χ0n) is 9.53. The fourth-order valence-electron chi connectivity index (χ4n) is 0.986. The van der Waals surface area contributed by atoms with Gasteiger partial charge in [0.05, 0.1) is 6.54 Å². The number of hydrogen-bond donors (Lipinski definition) is 3. The molecule has 0 atom stereocenters. The van der Waals surface area contributed by atoms with Crippen LogP contribution >= 0.6 is 23.1 Å². The van der Waals surface area contributed by atoms with Gasteiger partial charge in [0.2, 0.25) is 10.3 Å². The number of nitrogens with one attached hydrogen (secondary N) is 1. The third kappa shape index (κ3) is 5.16. The molecule has 0 bridgehead atoms. The van der Waals surface area contributed by atoms with Crippen LogP contribution < -0.4 is 11.1 Å². The van der Waals surface area contributed by atoms with Crippen molar-refractivity contribution in [2.75, 3.05) is 25.1 Å². The van der Waals surface area contributed by atoms with Crippen molar-refractivity contribution in [2.45, 2.75) is 5.75 Å². The van der Waals surface area contributed by atoms with Gasteiger partial charge in [-0.05, 0) is 0 Å². The van der Waals surface area contributed by atoms with Gasteiger partial charge in [-0.15, -0.1) is 10.2 Å². The normalized spacial score (nSPS) is 12.7. The number of anilines is 1. The molecular weight excluding hydrogens is 298 g/mol. The summed E-state index contributed by atoms with van der Waals surface area (Å²) in [6.45, 7) is 0.273. The van der Waals surface area contributed by atoms with Crippen LogP contribution in [0.2, 0.25) is 0 Å². The van der Waals surface area contributed by atoms with Gasteiger partial charge in [-0.2, -0.15) is 20.2 Å². The van der Waals surface area contributed by atoms with Gasteiger partial charge in [0, 0.05) is 18.6 Å². The van der Waals surface area contributed by atoms with Crippen LogP contribution in [0.15, 0.2) is 4.99 Å². The van der Waals surface area contributed by atoms with Crippen LogP contribution in [0.3, 0.4) is 0 Å². The molecule has 0 aliphatic carbocycles. The number of rotatable bonds is 5. The molecular formula is C7H13N5O3S3. The number of aromatic nitrogens is 2. The first-order valence-corrected chi connectivity index (χ1v) is 8.20. The summed E-state index contributed by atoms with van der Waals surface area (Å²) in [5.74, 6) is 1.24. The van der Waals surface area contributed by atoms with Crippen molar-refractivity contribution in [3.05, 3.63) is 5.01 Å². The lowest BCUT2D eigenvalue weighted by atomic mass is 10.8. The smallest absolute Gasteiger partial charge is 0.327 e. The van der Waals surface area contributed by atoms with E-state index in [1.54, 1.807) is 0 Å². The lowest BCUT2D eigenvalue weighted by Crippen LogP contribution is -2.28. The highest BCUT2D eigenvalue weighted by molar-refractivity contribution is 8.01. The second-order valence-corrected chi connectivity index (χ2v) is 6.53. The number of nitrogens with two attached hydrogens (primary N) is 1. The summed E-state index contributed by atoms with van der Waals surface area (Å²) < 4.78 is 30.3. The molecule has 0 saturated heterocycles. The highest BCUT2D eigenvalue weighted by Crippen LogP contribution is 2.17. The third-order valence-electron chi connectivity index (χ3n) is 1.66. The van der Waals surface area contributed by atoms with Crippen molar-refractivity contribution >= 4 is 43.5 Å². The molecule has 0 amide bonds. The summed E-state index contributed by atoms with van der Waals surface area (Å²) in [4.78, 5) is 3.74. The Morgan fingerprint density at radius 3 is 2.83 bits per heavy atom. The van der Waals surface area contributed by atoms with Gasteiger partial charge in [0.25, 0.3) is 0 Å². The predicted octanol–water partition coefficient (Wildman–Crippen LogP) is -0.183. The minimum absolute atomic E-state index is 0.273. The van der Waals surface area contributed by atoms with Gasteiger partial charge < -0.3 is 11.1 Å². The Balaban J connectivity index is 2.32. The van der Waals surface area contributed by atoms with Crippen molar-refractivity contribution in [3.8, 4) is 0 Å². The molecule has 0 saturated carbocycles. The number of amidine groups is 1. The molecule has 0 aromatic carbocycles. The van der Waals surface area contributed by atoms with Crippen LogP contribution in [0.25, 0.3) is 0 Å². The van der Waals surface area contributed by atoms with Gasteiger partial charge in [-0.25, -0.2) is 0 Å². The first-order chi connectivity index (χ1) is 8.43. The van der Waals surface area contributed by atoms with E-state index >= 15 is 0 Å². The van der Waals surface area contributed by atoms with Gasteiger partial charge in [0.15, 0.2) is 0 Å². The van der Waals surface area contributed by atoms with Crippen molar-refractivity contribution in [3.63, 3.8) is 0 Å². The van der Waals surface area contributed by atoms with Crippen molar-refractivity contribution < 1.29 is 13.0 Å². The molecule has 0 aliphatic rings. The first kappa shape index (κ1) is 15.1. The molecule has 8 nitrogen and oxygen atoms in total. The minimum atomic E-state index is -4.26. The number of thioether (sulfide) groups is 1. The fourth-order valence-corrected chi connectivity index (χ4v) is 2.99. The standard InChI is InChI=1S/C7H13N5O3S3/c1-9-7(18(13,14)15)10-2-3-16-4-5-11-12-6(8)17-5/h2-4H2,1H3,(H2,8,12)(H,9,10)(H,13,14,15). The SMILES string of the molecule is CNC(=NCCSCc1nnc(N)s1)S(=O)(=O)O. The van der Waals surface area contributed by atoms with Crippen molar-refractivity contribution in [2.24, 2.45) is 4.99 Å². The maximum Gasteiger partial charge on any atom is 0.327 e. The lowest BCUT2D eigenvalue weighted by Gasteiger charge is -2.01. The molecule has 0 spiro atoms. The van der Waals surface area contributed by atoms with Crippen LogP contribution in [-0.4, -0.2) is 47.7 Å². The van der Waals surface area contributed by atoms with E-state index in [-0.39, 0.29) is 6.54 Å². The minimum Gasteiger partial charge on any atom is -0.374 e. The Morgan fingerprint density at radius 2 is 2.33 bits per heavy atom. The molecule has 18 heavy (non-hydrogen) atoms. The zero-order chi connectivity index (χ0) is 13.6. The summed E-state index contributed by atoms with van der Waals surface area (Å²) >= 11 is 2.84. The Kier molecular flexibility index (Phi) is 5.78. The molecule has 0 radical (unpaired) electrons. The van der Waals surface area contributed by atoms with Crippen molar-refractivity contribution in [1.29, 1.82) is 0 Å². The Morgan fingerprint density at radius 1 is 1.61 bits per heavy atom. The molecule has 0 unspecified atom stereocenters. The van der Waals surface area contributed by atoms with Crippen LogP contribution in [0.5, 0.6) is 0 Å². The van der Waals surface area contributed by atoms with Crippen LogP contribution in [0, 0.1) is 0 Å². The summed E-state index contributed by atoms with van der Waals surface area (Å²) in [5, 5.41) is 10.6. The molecule has 11 heteroatoms. The molecule has 1 rings (SSSR count). The van der Waals surface area contributed by atoms with Gasteiger partial charge in [-0.1, -0.05) is 11.3 Å². The number of hydrogen-bond acceptors (Lipinski definition) is 8. The topological polar surface area (TPSA) is 131 Å². The average Bonchev–Trinajstić information content (AvgIpc) is 2.67. The van der Waals surface area contributed by atoms with Crippen LogP contribution in [-0.2, 0) is 15.9 Å². The predicted molar refractivity (Wildman–Crippen MR) is 73.4 cm³/mol. The summed E-state index contributed by atoms with van der Waals surface area (Å²) in [6.07, 6.45) is 0. The monoisotopic (exact) mass is 311 g/mol. The fraction of sp³-hybridized carbons (Fsp3) is 0.571. The number of nitrogen functional groups attached to an aromatic ring is 1. The Hall–Kier alpha value is -0.910. The molecule has 102 valence electrons. The quantitative estimate of drug-likeness (QED) is 0.295. The van der Waals surface area contributed by atoms with E-state index < -0.39 is 15.3 Å². The second-order valence-electron chi connectivity index (χ2n) is 3.00. The Labute approximate surface area is 113 Å². The molecule has 1 heterocycles.